The molecule has 3 aromatic rings. The fraction of sp³-hybridized carbons (Fsp3) is 0.278. The molecule has 0 aliphatic rings. The van der Waals surface area contributed by atoms with Crippen molar-refractivity contribution in [2.75, 3.05) is 5.75 Å². The summed E-state index contributed by atoms with van der Waals surface area (Å²) < 4.78 is 1.97. The van der Waals surface area contributed by atoms with Crippen LogP contribution in [0.15, 0.2) is 35.4 Å². The molecule has 2 heterocycles. The van der Waals surface area contributed by atoms with Crippen molar-refractivity contribution in [3.63, 3.8) is 0 Å². The number of nitrogens with zero attached hydrogens (tertiary/aromatic N) is 3. The fourth-order valence-electron chi connectivity index (χ4n) is 2.66. The normalized spacial score (nSPS) is 11.1. The Morgan fingerprint density at radius 3 is 2.88 bits per heavy atom. The van der Waals surface area contributed by atoms with Gasteiger partial charge in [0.15, 0.2) is 5.65 Å². The number of nitriles is 1. The second-order valence-corrected chi connectivity index (χ2v) is 6.92. The zero-order valence-electron chi connectivity index (χ0n) is 13.8. The first-order valence-corrected chi connectivity index (χ1v) is 8.73. The minimum Gasteiger partial charge on any atom is -0.353 e. The van der Waals surface area contributed by atoms with Crippen LogP contribution in [-0.4, -0.2) is 27.1 Å². The van der Waals surface area contributed by atoms with E-state index >= 15 is 0 Å². The van der Waals surface area contributed by atoms with Crippen LogP contribution in [-0.2, 0) is 4.79 Å². The van der Waals surface area contributed by atoms with Crippen LogP contribution in [0.25, 0.3) is 16.7 Å². The zero-order valence-corrected chi connectivity index (χ0v) is 14.6. The molecule has 0 aliphatic heterocycles. The molecule has 0 spiro atoms. The van der Waals surface area contributed by atoms with Gasteiger partial charge in [-0.15, -0.1) is 0 Å². The number of hydrogen-bond acceptors (Lipinski definition) is 4. The topological polar surface area (TPSA) is 70.2 Å². The summed E-state index contributed by atoms with van der Waals surface area (Å²) in [5.74, 6) is 0.320. The van der Waals surface area contributed by atoms with Gasteiger partial charge in [0.25, 0.3) is 0 Å². The van der Waals surface area contributed by atoms with Gasteiger partial charge in [-0.2, -0.15) is 5.26 Å². The minimum atomic E-state index is -0.00502. The number of fused-ring (bicyclic) bond motifs is 3. The maximum Gasteiger partial charge on any atom is 0.230 e. The van der Waals surface area contributed by atoms with Gasteiger partial charge in [0, 0.05) is 6.04 Å². The Hall–Kier alpha value is -2.52. The van der Waals surface area contributed by atoms with Crippen LogP contribution >= 0.6 is 11.8 Å². The standard InChI is InChI=1S/C18H18N4OS/c1-11(2)20-16(23)10-24-17-8-12(3)13(9-19)18-21-14-6-4-5-7-15(14)22(17)18/h4-8,11H,10H2,1-3H3,(H,20,23). The number of rotatable bonds is 4. The molecular weight excluding hydrogens is 320 g/mol. The predicted octanol–water partition coefficient (Wildman–Crippen LogP) is 3.28. The van der Waals surface area contributed by atoms with E-state index in [1.165, 1.54) is 11.8 Å². The Morgan fingerprint density at radius 1 is 1.42 bits per heavy atom. The zero-order chi connectivity index (χ0) is 17.3. The average molecular weight is 338 g/mol. The van der Waals surface area contributed by atoms with Crippen LogP contribution in [0.1, 0.15) is 25.0 Å². The number of para-hydroxylation sites is 2. The van der Waals surface area contributed by atoms with E-state index in [2.05, 4.69) is 16.4 Å². The van der Waals surface area contributed by atoms with E-state index in [9.17, 15) is 10.1 Å². The van der Waals surface area contributed by atoms with E-state index in [1.807, 2.05) is 55.5 Å². The summed E-state index contributed by atoms with van der Waals surface area (Å²) in [4.78, 5) is 16.6. The Bertz CT molecular complexity index is 968. The molecule has 0 radical (unpaired) electrons. The largest absolute Gasteiger partial charge is 0.353 e. The van der Waals surface area contributed by atoms with Gasteiger partial charge in [0.05, 0.1) is 27.4 Å². The molecule has 122 valence electrons. The summed E-state index contributed by atoms with van der Waals surface area (Å²) >= 11 is 1.45. The number of imidazole rings is 1. The summed E-state index contributed by atoms with van der Waals surface area (Å²) in [6.45, 7) is 5.78. The van der Waals surface area contributed by atoms with Crippen molar-refractivity contribution in [1.82, 2.24) is 14.7 Å². The van der Waals surface area contributed by atoms with Crippen LogP contribution in [0.3, 0.4) is 0 Å². The van der Waals surface area contributed by atoms with Crippen LogP contribution in [0.2, 0.25) is 0 Å². The molecule has 0 fully saturated rings. The van der Waals surface area contributed by atoms with Gasteiger partial charge in [-0.1, -0.05) is 23.9 Å². The quantitative estimate of drug-likeness (QED) is 0.741. The molecule has 24 heavy (non-hydrogen) atoms. The van der Waals surface area contributed by atoms with E-state index in [4.69, 9.17) is 0 Å². The third-order valence-electron chi connectivity index (χ3n) is 3.65. The van der Waals surface area contributed by atoms with Crippen LogP contribution in [0, 0.1) is 18.3 Å². The molecule has 0 atom stereocenters. The number of pyridine rings is 1. The number of nitrogens with one attached hydrogen (secondary N) is 1. The van der Waals surface area contributed by atoms with Crippen molar-refractivity contribution in [3.05, 3.63) is 41.5 Å². The summed E-state index contributed by atoms with van der Waals surface area (Å²) in [5.41, 5.74) is 3.86. The lowest BCUT2D eigenvalue weighted by Crippen LogP contribution is -2.31. The highest BCUT2D eigenvalue weighted by molar-refractivity contribution is 7.99. The summed E-state index contributed by atoms with van der Waals surface area (Å²) in [7, 11) is 0. The molecule has 1 amide bonds. The maximum absolute atomic E-state index is 12.0. The Kier molecular flexibility index (Phi) is 4.45. The first-order chi connectivity index (χ1) is 11.5. The number of hydrogen-bond donors (Lipinski definition) is 1. The number of carbonyl (C=O) groups is 1. The summed E-state index contributed by atoms with van der Waals surface area (Å²) in [5, 5.41) is 13.3. The molecule has 1 N–H and O–H groups in total. The molecule has 5 nitrogen and oxygen atoms in total. The Morgan fingerprint density at radius 2 is 2.17 bits per heavy atom. The predicted molar refractivity (Wildman–Crippen MR) is 96.2 cm³/mol. The molecule has 6 heteroatoms. The van der Waals surface area contributed by atoms with E-state index in [-0.39, 0.29) is 11.9 Å². The lowest BCUT2D eigenvalue weighted by Gasteiger charge is -2.11. The maximum atomic E-state index is 12.0. The summed E-state index contributed by atoms with van der Waals surface area (Å²) in [6, 6.07) is 12.1. The molecule has 0 aliphatic carbocycles. The number of thioether (sulfide) groups is 1. The number of carbonyl (C=O) groups excluding carboxylic acids is 1. The van der Waals surface area contributed by atoms with Crippen LogP contribution in [0.4, 0.5) is 0 Å². The van der Waals surface area contributed by atoms with Crippen molar-refractivity contribution < 1.29 is 4.79 Å². The lowest BCUT2D eigenvalue weighted by atomic mass is 10.2. The highest BCUT2D eigenvalue weighted by Crippen LogP contribution is 2.29. The number of aryl methyl sites for hydroxylation is 1. The van der Waals surface area contributed by atoms with Gasteiger partial charge in [-0.3, -0.25) is 9.20 Å². The van der Waals surface area contributed by atoms with Gasteiger partial charge >= 0.3 is 0 Å². The van der Waals surface area contributed by atoms with Gasteiger partial charge in [-0.25, -0.2) is 4.98 Å². The van der Waals surface area contributed by atoms with Gasteiger partial charge in [0.1, 0.15) is 6.07 Å². The fourth-order valence-corrected chi connectivity index (χ4v) is 3.60. The second kappa shape index (κ2) is 6.54. The molecule has 2 aromatic heterocycles. The van der Waals surface area contributed by atoms with E-state index in [0.717, 1.165) is 21.6 Å². The van der Waals surface area contributed by atoms with E-state index < -0.39 is 0 Å². The van der Waals surface area contributed by atoms with Gasteiger partial charge < -0.3 is 5.32 Å². The van der Waals surface area contributed by atoms with Crippen molar-refractivity contribution in [2.24, 2.45) is 0 Å². The molecule has 0 unspecified atom stereocenters. The smallest absolute Gasteiger partial charge is 0.230 e. The molecule has 0 saturated carbocycles. The number of benzene rings is 1. The van der Waals surface area contributed by atoms with Crippen LogP contribution < -0.4 is 5.32 Å². The van der Waals surface area contributed by atoms with Gasteiger partial charge in [-0.05, 0) is 44.5 Å². The Balaban J connectivity index is 2.10. The average Bonchev–Trinajstić information content (AvgIpc) is 2.91. The van der Waals surface area contributed by atoms with E-state index in [1.54, 1.807) is 0 Å². The second-order valence-electron chi connectivity index (χ2n) is 5.92. The van der Waals surface area contributed by atoms with Crippen LogP contribution in [0.5, 0.6) is 0 Å². The highest BCUT2D eigenvalue weighted by atomic mass is 32.2. The minimum absolute atomic E-state index is 0.00502. The summed E-state index contributed by atoms with van der Waals surface area (Å²) in [6.07, 6.45) is 0. The lowest BCUT2D eigenvalue weighted by molar-refractivity contribution is -0.119. The van der Waals surface area contributed by atoms with E-state index in [0.29, 0.717) is 17.0 Å². The van der Waals surface area contributed by atoms with Crippen molar-refractivity contribution >= 4 is 34.3 Å². The molecule has 0 bridgehead atoms. The molecule has 0 saturated heterocycles. The third kappa shape index (κ3) is 2.95. The molecule has 3 rings (SSSR count). The number of aromatic nitrogens is 2. The first-order valence-electron chi connectivity index (χ1n) is 7.74. The monoisotopic (exact) mass is 338 g/mol. The van der Waals surface area contributed by atoms with Crippen molar-refractivity contribution in [3.8, 4) is 6.07 Å². The molecular formula is C18H18N4OS. The Labute approximate surface area is 144 Å². The number of amides is 1. The first kappa shape index (κ1) is 16.3. The SMILES string of the molecule is Cc1cc(SCC(=O)NC(C)C)n2c(nc3ccccc32)c1C#N. The van der Waals surface area contributed by atoms with Crippen molar-refractivity contribution in [1.29, 1.82) is 5.26 Å². The van der Waals surface area contributed by atoms with Crippen molar-refractivity contribution in [2.45, 2.75) is 31.8 Å². The van der Waals surface area contributed by atoms with Gasteiger partial charge in [0.2, 0.25) is 5.91 Å². The highest BCUT2D eigenvalue weighted by Gasteiger charge is 2.16. The molecule has 1 aromatic carbocycles. The third-order valence-corrected chi connectivity index (χ3v) is 4.65.